The van der Waals surface area contributed by atoms with Gasteiger partial charge in [-0.15, -0.1) is 0 Å². The Morgan fingerprint density at radius 3 is 2.05 bits per heavy atom. The molecule has 0 aliphatic carbocycles. The van der Waals surface area contributed by atoms with Crippen molar-refractivity contribution in [3.63, 3.8) is 0 Å². The highest BCUT2D eigenvalue weighted by atomic mass is 15.2. The molecule has 0 aliphatic rings. The van der Waals surface area contributed by atoms with Crippen LogP contribution in [0.2, 0.25) is 0 Å². The second kappa shape index (κ2) is 7.47. The minimum absolute atomic E-state index is 0.651. The van der Waals surface area contributed by atoms with Crippen molar-refractivity contribution in [1.29, 1.82) is 0 Å². The van der Waals surface area contributed by atoms with Crippen molar-refractivity contribution in [3.05, 3.63) is 29.3 Å². The van der Waals surface area contributed by atoms with Gasteiger partial charge in [0.05, 0.1) is 5.69 Å². The fourth-order valence-corrected chi connectivity index (χ4v) is 2.40. The minimum atomic E-state index is 0.651. The van der Waals surface area contributed by atoms with E-state index in [4.69, 9.17) is 4.99 Å². The van der Waals surface area contributed by atoms with E-state index in [2.05, 4.69) is 71.6 Å². The average molecular weight is 274 g/mol. The quantitative estimate of drug-likeness (QED) is 0.547. The van der Waals surface area contributed by atoms with E-state index in [-0.39, 0.29) is 0 Å². The number of benzene rings is 1. The van der Waals surface area contributed by atoms with E-state index in [1.807, 2.05) is 0 Å². The summed E-state index contributed by atoms with van der Waals surface area (Å²) in [6, 6.07) is 6.45. The van der Waals surface area contributed by atoms with Crippen molar-refractivity contribution >= 4 is 11.5 Å². The zero-order valence-corrected chi connectivity index (χ0v) is 14.2. The van der Waals surface area contributed by atoms with Gasteiger partial charge in [-0.2, -0.15) is 0 Å². The second-order valence-electron chi connectivity index (χ2n) is 6.64. The van der Waals surface area contributed by atoms with Gasteiger partial charge in [0.2, 0.25) is 0 Å². The molecule has 0 saturated heterocycles. The summed E-state index contributed by atoms with van der Waals surface area (Å²) in [5.41, 5.74) is 3.63. The molecule has 0 bridgehead atoms. The molecular weight excluding hydrogens is 244 g/mol. The first-order valence-corrected chi connectivity index (χ1v) is 7.67. The first-order valence-electron chi connectivity index (χ1n) is 7.67. The Morgan fingerprint density at radius 2 is 1.60 bits per heavy atom. The third kappa shape index (κ3) is 5.36. The van der Waals surface area contributed by atoms with Crippen LogP contribution in [0, 0.1) is 25.7 Å². The molecule has 2 heteroatoms. The molecule has 0 saturated carbocycles. The van der Waals surface area contributed by atoms with Gasteiger partial charge in [-0.3, -0.25) is 0 Å². The Balaban J connectivity index is 2.97. The van der Waals surface area contributed by atoms with Crippen LogP contribution in [0.1, 0.15) is 45.7 Å². The SMILES string of the molecule is CC(=Nc1ccc(C)cc1C)N(CC(C)C)CC(C)C. The molecule has 112 valence electrons. The molecule has 1 aromatic carbocycles. The van der Waals surface area contributed by atoms with Crippen LogP contribution < -0.4 is 0 Å². The number of aliphatic imine (C=N–C) groups is 1. The van der Waals surface area contributed by atoms with Gasteiger partial charge in [-0.05, 0) is 44.2 Å². The highest BCUT2D eigenvalue weighted by Gasteiger charge is 2.11. The van der Waals surface area contributed by atoms with Crippen LogP contribution in [0.5, 0.6) is 0 Å². The number of nitrogens with zero attached hydrogens (tertiary/aromatic N) is 2. The summed E-state index contributed by atoms with van der Waals surface area (Å²) in [6.07, 6.45) is 0. The van der Waals surface area contributed by atoms with E-state index in [0.29, 0.717) is 11.8 Å². The second-order valence-corrected chi connectivity index (χ2v) is 6.64. The van der Waals surface area contributed by atoms with E-state index in [0.717, 1.165) is 24.6 Å². The van der Waals surface area contributed by atoms with E-state index < -0.39 is 0 Å². The lowest BCUT2D eigenvalue weighted by molar-refractivity contribution is 0.326. The van der Waals surface area contributed by atoms with Crippen LogP contribution >= 0.6 is 0 Å². The van der Waals surface area contributed by atoms with Crippen molar-refractivity contribution in [1.82, 2.24) is 4.90 Å². The van der Waals surface area contributed by atoms with Gasteiger partial charge >= 0.3 is 0 Å². The third-order valence-corrected chi connectivity index (χ3v) is 3.26. The molecule has 0 spiro atoms. The maximum atomic E-state index is 4.85. The van der Waals surface area contributed by atoms with E-state index >= 15 is 0 Å². The van der Waals surface area contributed by atoms with Crippen molar-refractivity contribution < 1.29 is 0 Å². The summed E-state index contributed by atoms with van der Waals surface area (Å²) in [5, 5.41) is 0. The number of amidine groups is 1. The normalized spacial score (nSPS) is 12.3. The van der Waals surface area contributed by atoms with Crippen LogP contribution in [0.4, 0.5) is 5.69 Å². The molecule has 0 aliphatic heterocycles. The zero-order chi connectivity index (χ0) is 15.3. The molecule has 0 radical (unpaired) electrons. The van der Waals surface area contributed by atoms with E-state index in [9.17, 15) is 0 Å². The molecule has 1 rings (SSSR count). The Kier molecular flexibility index (Phi) is 6.25. The number of rotatable bonds is 5. The summed E-state index contributed by atoms with van der Waals surface area (Å²) >= 11 is 0. The number of hydrogen-bond acceptors (Lipinski definition) is 1. The molecule has 0 N–H and O–H groups in total. The summed E-state index contributed by atoms with van der Waals surface area (Å²) in [4.78, 5) is 7.26. The standard InChI is InChI=1S/C18H30N2/c1-13(2)11-20(12-14(3)4)17(7)19-18-9-8-15(5)10-16(18)6/h8-10,13-14H,11-12H2,1-7H3. The maximum absolute atomic E-state index is 4.85. The molecular formula is C18H30N2. The minimum Gasteiger partial charge on any atom is -0.360 e. The van der Waals surface area contributed by atoms with Gasteiger partial charge in [0.15, 0.2) is 0 Å². The molecule has 0 aromatic heterocycles. The predicted molar refractivity (Wildman–Crippen MR) is 89.9 cm³/mol. The van der Waals surface area contributed by atoms with Gasteiger partial charge in [0, 0.05) is 13.1 Å². The highest BCUT2D eigenvalue weighted by Crippen LogP contribution is 2.20. The van der Waals surface area contributed by atoms with Crippen LogP contribution in [0.3, 0.4) is 0 Å². The molecule has 0 atom stereocenters. The molecule has 2 nitrogen and oxygen atoms in total. The van der Waals surface area contributed by atoms with Crippen molar-refractivity contribution in [2.24, 2.45) is 16.8 Å². The fraction of sp³-hybridized carbons (Fsp3) is 0.611. The molecule has 0 fully saturated rings. The number of aryl methyl sites for hydroxylation is 2. The van der Waals surface area contributed by atoms with E-state index in [1.165, 1.54) is 11.1 Å². The smallest absolute Gasteiger partial charge is 0.102 e. The maximum Gasteiger partial charge on any atom is 0.102 e. The molecule has 1 aromatic rings. The Bertz CT molecular complexity index is 448. The molecule has 0 unspecified atom stereocenters. The summed E-state index contributed by atoms with van der Waals surface area (Å²) in [5.74, 6) is 2.43. The van der Waals surface area contributed by atoms with Crippen LogP contribution in [-0.4, -0.2) is 23.8 Å². The first kappa shape index (κ1) is 16.7. The number of hydrogen-bond donors (Lipinski definition) is 0. The van der Waals surface area contributed by atoms with Crippen molar-refractivity contribution in [2.45, 2.75) is 48.5 Å². The predicted octanol–water partition coefficient (Wildman–Crippen LogP) is 4.97. The molecule has 0 heterocycles. The van der Waals surface area contributed by atoms with Crippen molar-refractivity contribution in [3.8, 4) is 0 Å². The lowest BCUT2D eigenvalue weighted by Crippen LogP contribution is -2.35. The zero-order valence-electron chi connectivity index (χ0n) is 14.2. The van der Waals surface area contributed by atoms with Crippen LogP contribution in [-0.2, 0) is 0 Å². The molecule has 20 heavy (non-hydrogen) atoms. The van der Waals surface area contributed by atoms with Crippen molar-refractivity contribution in [2.75, 3.05) is 13.1 Å². The average Bonchev–Trinajstić information content (AvgIpc) is 2.30. The highest BCUT2D eigenvalue weighted by molar-refractivity contribution is 5.83. The Morgan fingerprint density at radius 1 is 1.05 bits per heavy atom. The molecule has 0 amide bonds. The first-order chi connectivity index (χ1) is 9.29. The Hall–Kier alpha value is -1.31. The summed E-state index contributed by atoms with van der Waals surface area (Å²) in [7, 11) is 0. The van der Waals surface area contributed by atoms with Gasteiger partial charge in [0.1, 0.15) is 5.84 Å². The largest absolute Gasteiger partial charge is 0.360 e. The lowest BCUT2D eigenvalue weighted by Gasteiger charge is -2.28. The monoisotopic (exact) mass is 274 g/mol. The third-order valence-electron chi connectivity index (χ3n) is 3.26. The van der Waals surface area contributed by atoms with Gasteiger partial charge in [-0.1, -0.05) is 45.4 Å². The van der Waals surface area contributed by atoms with E-state index in [1.54, 1.807) is 0 Å². The van der Waals surface area contributed by atoms with Crippen LogP contribution in [0.15, 0.2) is 23.2 Å². The van der Waals surface area contributed by atoms with Gasteiger partial charge in [-0.25, -0.2) is 4.99 Å². The lowest BCUT2D eigenvalue weighted by atomic mass is 10.1. The summed E-state index contributed by atoms with van der Waals surface area (Å²) < 4.78 is 0. The fourth-order valence-electron chi connectivity index (χ4n) is 2.40. The summed E-state index contributed by atoms with van der Waals surface area (Å²) in [6.45, 7) is 17.6. The topological polar surface area (TPSA) is 15.6 Å². The van der Waals surface area contributed by atoms with Crippen LogP contribution in [0.25, 0.3) is 0 Å². The van der Waals surface area contributed by atoms with Gasteiger partial charge in [0.25, 0.3) is 0 Å². The van der Waals surface area contributed by atoms with Gasteiger partial charge < -0.3 is 4.90 Å². The Labute approximate surface area is 124 Å².